The molecule has 0 fully saturated rings. The quantitative estimate of drug-likeness (QED) is 0.493. The molecule has 9 heteroatoms. The highest BCUT2D eigenvalue weighted by atomic mass is 35.5. The Morgan fingerprint density at radius 2 is 1.86 bits per heavy atom. The summed E-state index contributed by atoms with van der Waals surface area (Å²) in [6, 6.07) is 10.3. The third-order valence-corrected chi connectivity index (χ3v) is 5.12. The summed E-state index contributed by atoms with van der Waals surface area (Å²) < 4.78 is 14.7. The lowest BCUT2D eigenvalue weighted by atomic mass is 10.1. The van der Waals surface area contributed by atoms with Crippen molar-refractivity contribution >= 4 is 45.8 Å². The fourth-order valence-electron chi connectivity index (χ4n) is 2.98. The van der Waals surface area contributed by atoms with Crippen LogP contribution in [0, 0.1) is 12.7 Å². The molecule has 4 rings (SSSR count). The molecule has 0 bridgehead atoms. The predicted molar refractivity (Wildman–Crippen MR) is 111 cm³/mol. The van der Waals surface area contributed by atoms with Gasteiger partial charge in [0, 0.05) is 11.9 Å². The van der Waals surface area contributed by atoms with Crippen molar-refractivity contribution < 1.29 is 9.18 Å². The Balaban J connectivity index is 1.75. The van der Waals surface area contributed by atoms with Gasteiger partial charge in [-0.3, -0.25) is 9.59 Å². The van der Waals surface area contributed by atoms with Gasteiger partial charge in [0.05, 0.1) is 26.8 Å². The second-order valence-corrected chi connectivity index (χ2v) is 7.13. The van der Waals surface area contributed by atoms with Crippen molar-refractivity contribution in [3.8, 4) is 5.69 Å². The highest BCUT2D eigenvalue weighted by Gasteiger charge is 2.19. The molecule has 29 heavy (non-hydrogen) atoms. The first-order chi connectivity index (χ1) is 13.8. The maximum Gasteiger partial charge on any atom is 0.261 e. The number of halogens is 3. The maximum absolute atomic E-state index is 13.2. The van der Waals surface area contributed by atoms with E-state index in [0.717, 1.165) is 0 Å². The minimum absolute atomic E-state index is 0.0784. The molecule has 0 spiro atoms. The first kappa shape index (κ1) is 19.2. The Bertz CT molecular complexity index is 1310. The predicted octanol–water partition coefficient (Wildman–Crippen LogP) is 4.72. The van der Waals surface area contributed by atoms with Gasteiger partial charge in [-0.05, 0) is 49.4 Å². The molecule has 2 N–H and O–H groups in total. The Morgan fingerprint density at radius 3 is 2.55 bits per heavy atom. The number of nitrogens with one attached hydrogen (secondary N) is 2. The van der Waals surface area contributed by atoms with Crippen LogP contribution in [0.4, 0.5) is 10.1 Å². The maximum atomic E-state index is 13.2. The van der Waals surface area contributed by atoms with Gasteiger partial charge in [-0.25, -0.2) is 9.07 Å². The summed E-state index contributed by atoms with van der Waals surface area (Å²) in [7, 11) is 0. The molecule has 6 nitrogen and oxygen atoms in total. The average Bonchev–Trinajstić information content (AvgIpc) is 3.03. The van der Waals surface area contributed by atoms with E-state index in [1.165, 1.54) is 29.1 Å². The smallest absolute Gasteiger partial charge is 0.261 e. The zero-order valence-electron chi connectivity index (χ0n) is 15.0. The zero-order valence-corrected chi connectivity index (χ0v) is 16.5. The number of aromatic nitrogens is 3. The van der Waals surface area contributed by atoms with Crippen LogP contribution in [-0.2, 0) is 0 Å². The van der Waals surface area contributed by atoms with Gasteiger partial charge in [0.15, 0.2) is 0 Å². The number of fused-ring (bicyclic) bond motifs is 1. The highest BCUT2D eigenvalue weighted by molar-refractivity contribution is 6.42. The van der Waals surface area contributed by atoms with Crippen LogP contribution >= 0.6 is 23.2 Å². The van der Waals surface area contributed by atoms with Gasteiger partial charge in [0.25, 0.3) is 5.91 Å². The van der Waals surface area contributed by atoms with E-state index in [4.69, 9.17) is 23.2 Å². The summed E-state index contributed by atoms with van der Waals surface area (Å²) in [5.74, 6) is -0.975. The molecule has 0 unspecified atom stereocenters. The van der Waals surface area contributed by atoms with Gasteiger partial charge in [-0.15, -0.1) is 0 Å². The van der Waals surface area contributed by atoms with Crippen molar-refractivity contribution in [2.24, 2.45) is 0 Å². The Labute approximate surface area is 173 Å². The molecule has 0 aliphatic rings. The number of benzene rings is 2. The van der Waals surface area contributed by atoms with Crippen LogP contribution in [-0.4, -0.2) is 20.7 Å². The Kier molecular flexibility index (Phi) is 4.86. The van der Waals surface area contributed by atoms with Gasteiger partial charge >= 0.3 is 0 Å². The van der Waals surface area contributed by atoms with Crippen LogP contribution in [0.5, 0.6) is 0 Å². The molecule has 1 amide bonds. The van der Waals surface area contributed by atoms with Crippen LogP contribution in [0.2, 0.25) is 10.0 Å². The van der Waals surface area contributed by atoms with E-state index in [2.05, 4.69) is 15.4 Å². The normalized spacial score (nSPS) is 11.0. The molecular weight excluding hydrogens is 418 g/mol. The monoisotopic (exact) mass is 430 g/mol. The van der Waals surface area contributed by atoms with Gasteiger partial charge < -0.3 is 10.3 Å². The van der Waals surface area contributed by atoms with E-state index in [1.54, 1.807) is 31.2 Å². The van der Waals surface area contributed by atoms with Crippen molar-refractivity contribution in [2.45, 2.75) is 6.92 Å². The molecule has 2 heterocycles. The van der Waals surface area contributed by atoms with E-state index in [1.807, 2.05) is 0 Å². The number of amides is 1. The molecule has 0 saturated carbocycles. The first-order valence-corrected chi connectivity index (χ1v) is 9.24. The molecule has 0 atom stereocenters. The van der Waals surface area contributed by atoms with E-state index >= 15 is 0 Å². The van der Waals surface area contributed by atoms with E-state index in [-0.39, 0.29) is 21.8 Å². The summed E-state index contributed by atoms with van der Waals surface area (Å²) in [5.41, 5.74) is 1.28. The lowest BCUT2D eigenvalue weighted by molar-refractivity contribution is 0.102. The van der Waals surface area contributed by atoms with Crippen molar-refractivity contribution in [3.05, 3.63) is 86.0 Å². The molecule has 2 aromatic carbocycles. The molecule has 0 aliphatic carbocycles. The fourth-order valence-corrected chi connectivity index (χ4v) is 3.28. The first-order valence-electron chi connectivity index (χ1n) is 8.48. The zero-order chi connectivity index (χ0) is 20.7. The lowest BCUT2D eigenvalue weighted by Gasteiger charge is -2.07. The summed E-state index contributed by atoms with van der Waals surface area (Å²) in [6.45, 7) is 1.66. The number of rotatable bonds is 3. The summed E-state index contributed by atoms with van der Waals surface area (Å²) >= 11 is 11.8. The van der Waals surface area contributed by atoms with Gasteiger partial charge in [0.2, 0.25) is 5.43 Å². The topological polar surface area (TPSA) is 79.8 Å². The number of H-pyrrole nitrogens is 1. The minimum atomic E-state index is -0.597. The summed E-state index contributed by atoms with van der Waals surface area (Å²) in [4.78, 5) is 28.5. The van der Waals surface area contributed by atoms with Gasteiger partial charge in [-0.1, -0.05) is 23.2 Å². The number of aryl methyl sites for hydroxylation is 1. The summed E-state index contributed by atoms with van der Waals surface area (Å²) in [6.07, 6.45) is 1.32. The average molecular weight is 431 g/mol. The van der Waals surface area contributed by atoms with E-state index < -0.39 is 11.3 Å². The lowest BCUT2D eigenvalue weighted by Crippen LogP contribution is -2.22. The minimum Gasteiger partial charge on any atom is -0.345 e. The van der Waals surface area contributed by atoms with Crippen molar-refractivity contribution in [1.82, 2.24) is 14.8 Å². The van der Waals surface area contributed by atoms with Crippen LogP contribution in [0.15, 0.2) is 53.5 Å². The van der Waals surface area contributed by atoms with Crippen LogP contribution in [0.3, 0.4) is 0 Å². The van der Waals surface area contributed by atoms with Crippen molar-refractivity contribution in [2.75, 3.05) is 5.32 Å². The van der Waals surface area contributed by atoms with Crippen molar-refractivity contribution in [3.63, 3.8) is 0 Å². The number of hydrogen-bond donors (Lipinski definition) is 2. The van der Waals surface area contributed by atoms with Crippen LogP contribution in [0.25, 0.3) is 16.7 Å². The largest absolute Gasteiger partial charge is 0.345 e. The molecular formula is C20H13Cl2FN4O2. The Hall–Kier alpha value is -3.16. The molecule has 4 aromatic rings. The van der Waals surface area contributed by atoms with Gasteiger partial charge in [0.1, 0.15) is 17.0 Å². The molecule has 146 valence electrons. The van der Waals surface area contributed by atoms with E-state index in [0.29, 0.717) is 27.7 Å². The third-order valence-electron chi connectivity index (χ3n) is 4.38. The standard InChI is InChI=1S/C20H13Cl2FN4O2/c1-10-17-18(28)14(20(29)25-12-4-7-15(21)16(22)8-12)9-24-19(17)27(26-10)13-5-2-11(23)3-6-13/h2-9H,1H3,(H,24,28)(H,25,29). The van der Waals surface area contributed by atoms with Gasteiger partial charge in [-0.2, -0.15) is 5.10 Å². The number of carbonyl (C=O) groups is 1. The molecule has 0 radical (unpaired) electrons. The number of hydrogen-bond acceptors (Lipinski definition) is 3. The molecule has 2 aromatic heterocycles. The third kappa shape index (κ3) is 3.50. The number of aromatic amines is 1. The number of pyridine rings is 1. The fraction of sp³-hybridized carbons (Fsp3) is 0.0500. The highest BCUT2D eigenvalue weighted by Crippen LogP contribution is 2.25. The SMILES string of the molecule is Cc1nn(-c2ccc(F)cc2)c2[nH]cc(C(=O)Nc3ccc(Cl)c(Cl)c3)c(=O)c12. The van der Waals surface area contributed by atoms with E-state index in [9.17, 15) is 14.0 Å². The number of nitrogens with zero attached hydrogens (tertiary/aromatic N) is 2. The second kappa shape index (κ2) is 7.35. The molecule has 0 aliphatic heterocycles. The van der Waals surface area contributed by atoms with Crippen LogP contribution in [0.1, 0.15) is 16.1 Å². The number of anilines is 1. The second-order valence-electron chi connectivity index (χ2n) is 6.31. The number of carbonyl (C=O) groups excluding carboxylic acids is 1. The van der Waals surface area contributed by atoms with Crippen molar-refractivity contribution in [1.29, 1.82) is 0 Å². The molecule has 0 saturated heterocycles. The summed E-state index contributed by atoms with van der Waals surface area (Å²) in [5, 5.41) is 7.89. The Morgan fingerprint density at radius 1 is 1.14 bits per heavy atom. The van der Waals surface area contributed by atoms with Crippen LogP contribution < -0.4 is 10.7 Å².